The average molecular weight is 531 g/mol. The Morgan fingerprint density at radius 1 is 1.19 bits per heavy atom. The fraction of sp³-hybridized carbons (Fsp3) is 0.577. The molecular weight excluding hydrogens is 495 g/mol. The Balaban J connectivity index is 1.44. The Morgan fingerprint density at radius 2 is 1.89 bits per heavy atom. The standard InChI is InChI=1S/C26H35N4O6P/c1-26(2)13-22-24(23(31)14-26)21(11-15-3-4-15)29-30(22)17-7-10-19(25(27)32)20(12-17)28-16-5-8-18(9-6-16)36-37(33,34)35/h7,10,12,15-16,18,28H,3-6,8-9,11,13-14H2,1-2H3,(H2,27,32)(H2,33,34,35). The van der Waals surface area contributed by atoms with Crippen LogP contribution < -0.4 is 11.1 Å². The number of nitrogens with zero attached hydrogens (tertiary/aromatic N) is 2. The van der Waals surface area contributed by atoms with Crippen LogP contribution in [-0.2, 0) is 21.9 Å². The van der Waals surface area contributed by atoms with Gasteiger partial charge in [0.05, 0.1) is 34.3 Å². The molecule has 0 atom stereocenters. The first-order chi connectivity index (χ1) is 17.4. The number of nitrogens with one attached hydrogen (secondary N) is 1. The van der Waals surface area contributed by atoms with Gasteiger partial charge in [-0.15, -0.1) is 0 Å². The van der Waals surface area contributed by atoms with E-state index in [0.29, 0.717) is 49.3 Å². The van der Waals surface area contributed by atoms with Gasteiger partial charge in [0.15, 0.2) is 5.78 Å². The third kappa shape index (κ3) is 5.98. The molecule has 2 saturated carbocycles. The molecule has 3 aliphatic rings. The fourth-order valence-electron chi connectivity index (χ4n) is 5.70. The van der Waals surface area contributed by atoms with Crippen LogP contribution >= 0.6 is 7.82 Å². The van der Waals surface area contributed by atoms with E-state index in [4.69, 9.17) is 25.1 Å². The summed E-state index contributed by atoms with van der Waals surface area (Å²) in [4.78, 5) is 43.6. The predicted molar refractivity (Wildman–Crippen MR) is 138 cm³/mol. The van der Waals surface area contributed by atoms with Gasteiger partial charge < -0.3 is 20.8 Å². The molecule has 0 saturated heterocycles. The molecule has 0 radical (unpaired) electrons. The lowest BCUT2D eigenvalue weighted by Crippen LogP contribution is -2.30. The molecule has 2 aromatic rings. The Labute approximate surface area is 216 Å². The van der Waals surface area contributed by atoms with Gasteiger partial charge in [-0.2, -0.15) is 5.10 Å². The quantitative estimate of drug-likeness (QED) is 0.374. The number of hydrogen-bond acceptors (Lipinski definition) is 6. The van der Waals surface area contributed by atoms with Gasteiger partial charge in [-0.25, -0.2) is 9.25 Å². The van der Waals surface area contributed by atoms with E-state index in [9.17, 15) is 14.2 Å². The largest absolute Gasteiger partial charge is 0.469 e. The Kier molecular flexibility index (Phi) is 6.81. The number of aromatic nitrogens is 2. The number of phosphoric ester groups is 1. The summed E-state index contributed by atoms with van der Waals surface area (Å²) in [5, 5.41) is 8.35. The molecule has 0 spiro atoms. The summed E-state index contributed by atoms with van der Waals surface area (Å²) in [6, 6.07) is 5.35. The van der Waals surface area contributed by atoms with Crippen molar-refractivity contribution in [1.29, 1.82) is 0 Å². The van der Waals surface area contributed by atoms with E-state index in [1.165, 1.54) is 12.8 Å². The topological polar surface area (TPSA) is 157 Å². The number of fused-ring (bicyclic) bond motifs is 1. The zero-order chi connectivity index (χ0) is 26.5. The van der Waals surface area contributed by atoms with Crippen LogP contribution in [0.25, 0.3) is 5.69 Å². The van der Waals surface area contributed by atoms with Crippen LogP contribution in [0.15, 0.2) is 18.2 Å². The fourth-order valence-corrected chi connectivity index (χ4v) is 6.30. The van der Waals surface area contributed by atoms with Gasteiger partial charge in [-0.05, 0) is 80.9 Å². The minimum Gasteiger partial charge on any atom is -0.382 e. The maximum absolute atomic E-state index is 13.2. The van der Waals surface area contributed by atoms with Crippen molar-refractivity contribution in [3.8, 4) is 5.69 Å². The van der Waals surface area contributed by atoms with Crippen LogP contribution in [0.3, 0.4) is 0 Å². The van der Waals surface area contributed by atoms with Gasteiger partial charge in [-0.3, -0.25) is 14.1 Å². The zero-order valence-electron chi connectivity index (χ0n) is 21.3. The second-order valence-electron chi connectivity index (χ2n) is 11.6. The van der Waals surface area contributed by atoms with Crippen molar-refractivity contribution in [3.05, 3.63) is 40.7 Å². The normalized spacial score (nSPS) is 23.5. The van der Waals surface area contributed by atoms with Gasteiger partial charge >= 0.3 is 7.82 Å². The molecule has 0 aliphatic heterocycles. The van der Waals surface area contributed by atoms with E-state index in [0.717, 1.165) is 35.5 Å². The number of carbonyl (C=O) groups is 2. The second-order valence-corrected chi connectivity index (χ2v) is 12.8. The molecule has 1 amide bonds. The Bertz CT molecular complexity index is 1270. The second kappa shape index (κ2) is 9.66. The summed E-state index contributed by atoms with van der Waals surface area (Å²) < 4.78 is 17.9. The van der Waals surface area contributed by atoms with E-state index in [1.807, 2.05) is 16.8 Å². The van der Waals surface area contributed by atoms with Gasteiger partial charge in [0.2, 0.25) is 0 Å². The maximum atomic E-state index is 13.2. The molecule has 11 heteroatoms. The van der Waals surface area contributed by atoms with Gasteiger partial charge in [0, 0.05) is 18.2 Å². The number of rotatable bonds is 8. The van der Waals surface area contributed by atoms with E-state index in [2.05, 4.69) is 19.2 Å². The number of amides is 1. The van der Waals surface area contributed by atoms with Gasteiger partial charge in [0.1, 0.15) is 0 Å². The number of benzene rings is 1. The van der Waals surface area contributed by atoms with Crippen LogP contribution in [0.1, 0.15) is 90.9 Å². The van der Waals surface area contributed by atoms with Crippen molar-refractivity contribution in [3.63, 3.8) is 0 Å². The van der Waals surface area contributed by atoms with Gasteiger partial charge in [0.25, 0.3) is 5.91 Å². The lowest BCUT2D eigenvalue weighted by Gasteiger charge is -2.30. The molecule has 10 nitrogen and oxygen atoms in total. The molecular formula is C26H35N4O6P. The number of hydrogen-bond donors (Lipinski definition) is 4. The highest BCUT2D eigenvalue weighted by Crippen LogP contribution is 2.42. The number of ketones is 1. The molecule has 0 bridgehead atoms. The molecule has 2 fully saturated rings. The van der Waals surface area contributed by atoms with Crippen LogP contribution in [0.4, 0.5) is 5.69 Å². The van der Waals surface area contributed by atoms with E-state index >= 15 is 0 Å². The highest BCUT2D eigenvalue weighted by Gasteiger charge is 2.38. The Morgan fingerprint density at radius 3 is 2.51 bits per heavy atom. The summed E-state index contributed by atoms with van der Waals surface area (Å²) in [6.07, 6.45) is 6.12. The highest BCUT2D eigenvalue weighted by molar-refractivity contribution is 7.46. The van der Waals surface area contributed by atoms with E-state index in [-0.39, 0.29) is 17.2 Å². The van der Waals surface area contributed by atoms with Crippen molar-refractivity contribution in [2.24, 2.45) is 17.1 Å². The van der Waals surface area contributed by atoms with Crippen molar-refractivity contribution >= 4 is 25.2 Å². The lowest BCUT2D eigenvalue weighted by atomic mass is 9.75. The predicted octanol–water partition coefficient (Wildman–Crippen LogP) is 3.91. The number of primary amides is 1. The van der Waals surface area contributed by atoms with Crippen molar-refractivity contribution < 1.29 is 28.5 Å². The summed E-state index contributed by atoms with van der Waals surface area (Å²) in [7, 11) is -4.52. The molecule has 5 rings (SSSR count). The molecule has 1 heterocycles. The van der Waals surface area contributed by atoms with Crippen LogP contribution in [-0.4, -0.2) is 43.4 Å². The average Bonchev–Trinajstić information content (AvgIpc) is 3.53. The molecule has 5 N–H and O–H groups in total. The monoisotopic (exact) mass is 530 g/mol. The van der Waals surface area contributed by atoms with Crippen molar-refractivity contribution in [2.45, 2.75) is 83.8 Å². The first kappa shape index (κ1) is 26.1. The summed E-state index contributed by atoms with van der Waals surface area (Å²) in [6.45, 7) is 4.20. The maximum Gasteiger partial charge on any atom is 0.469 e. The van der Waals surface area contributed by atoms with E-state index < -0.39 is 19.8 Å². The zero-order valence-corrected chi connectivity index (χ0v) is 22.2. The van der Waals surface area contributed by atoms with E-state index in [1.54, 1.807) is 6.07 Å². The number of nitrogens with two attached hydrogens (primary N) is 1. The molecule has 37 heavy (non-hydrogen) atoms. The molecule has 200 valence electrons. The molecule has 3 aliphatic carbocycles. The number of carbonyl (C=O) groups excluding carboxylic acids is 2. The van der Waals surface area contributed by atoms with Gasteiger partial charge in [-0.1, -0.05) is 13.8 Å². The minimum atomic E-state index is -4.52. The number of anilines is 1. The highest BCUT2D eigenvalue weighted by atomic mass is 31.2. The van der Waals surface area contributed by atoms with Crippen LogP contribution in [0, 0.1) is 11.3 Å². The minimum absolute atomic E-state index is 0.0116. The summed E-state index contributed by atoms with van der Waals surface area (Å²) in [5.74, 6) is 0.185. The number of phosphoric acid groups is 1. The third-order valence-electron chi connectivity index (χ3n) is 7.63. The molecule has 1 aromatic heterocycles. The SMILES string of the molecule is CC1(C)CC(=O)c2c(CC3CC3)nn(-c3ccc(C(N)=O)c(NC4CCC(OP(=O)(O)O)CC4)c3)c2C1. The summed E-state index contributed by atoms with van der Waals surface area (Å²) >= 11 is 0. The third-order valence-corrected chi connectivity index (χ3v) is 8.20. The van der Waals surface area contributed by atoms with Crippen LogP contribution in [0.5, 0.6) is 0 Å². The summed E-state index contributed by atoms with van der Waals surface area (Å²) in [5.41, 5.74) is 9.77. The number of Topliss-reactive ketones (excluding diaryl/α,β-unsaturated/α-hetero) is 1. The van der Waals surface area contributed by atoms with Crippen molar-refractivity contribution in [1.82, 2.24) is 9.78 Å². The smallest absolute Gasteiger partial charge is 0.382 e. The first-order valence-electron chi connectivity index (χ1n) is 13.0. The first-order valence-corrected chi connectivity index (χ1v) is 14.5. The molecule has 0 unspecified atom stereocenters. The molecule has 1 aromatic carbocycles. The van der Waals surface area contributed by atoms with Crippen LogP contribution in [0.2, 0.25) is 0 Å². The van der Waals surface area contributed by atoms with Crippen molar-refractivity contribution in [2.75, 3.05) is 5.32 Å². The lowest BCUT2D eigenvalue weighted by molar-refractivity contribution is 0.0908. The Hall–Kier alpha value is -2.52.